The minimum Gasteiger partial charge on any atom is -0.462 e. The van der Waals surface area contributed by atoms with Crippen LogP contribution in [0.25, 0.3) is 0 Å². The molecule has 0 saturated carbocycles. The summed E-state index contributed by atoms with van der Waals surface area (Å²) in [4.78, 5) is 30.4. The fourth-order valence-corrected chi connectivity index (χ4v) is 2.36. The number of amides is 1. The van der Waals surface area contributed by atoms with Crippen molar-refractivity contribution in [1.82, 2.24) is 4.98 Å². The van der Waals surface area contributed by atoms with E-state index in [-0.39, 0.29) is 11.9 Å². The highest BCUT2D eigenvalue weighted by Gasteiger charge is 2.10. The molecule has 0 aliphatic rings. The van der Waals surface area contributed by atoms with Gasteiger partial charge in [-0.2, -0.15) is 0 Å². The maximum absolute atomic E-state index is 12.3. The number of ether oxygens (including phenoxy) is 1. The lowest BCUT2D eigenvalue weighted by Crippen LogP contribution is -2.20. The number of carbonyl (C=O) groups is 2. The average molecular weight is 355 g/mol. The number of nitrogens with zero attached hydrogens (tertiary/aromatic N) is 2. The van der Waals surface area contributed by atoms with Crippen LogP contribution in [-0.4, -0.2) is 37.1 Å². The number of hydrogen-bond acceptors (Lipinski definition) is 5. The van der Waals surface area contributed by atoms with Crippen molar-refractivity contribution in [3.05, 3.63) is 53.7 Å². The third-order valence-corrected chi connectivity index (χ3v) is 3.90. The molecule has 0 spiro atoms. The SMILES string of the molecule is CCCCN(C)c1ccc(C(=O)Nc2ccc(C(=O)OCC)cc2)cn1. The third-order valence-electron chi connectivity index (χ3n) is 3.90. The number of esters is 1. The van der Waals surface area contributed by atoms with E-state index in [0.29, 0.717) is 23.4 Å². The Morgan fingerprint density at radius 2 is 1.77 bits per heavy atom. The van der Waals surface area contributed by atoms with Crippen LogP contribution in [-0.2, 0) is 4.74 Å². The molecule has 0 saturated heterocycles. The molecule has 0 radical (unpaired) electrons. The van der Waals surface area contributed by atoms with E-state index < -0.39 is 0 Å². The molecule has 2 rings (SSSR count). The van der Waals surface area contributed by atoms with Gasteiger partial charge in [-0.1, -0.05) is 13.3 Å². The largest absolute Gasteiger partial charge is 0.462 e. The van der Waals surface area contributed by atoms with E-state index in [1.807, 2.05) is 13.1 Å². The van der Waals surface area contributed by atoms with Crippen LogP contribution in [0.15, 0.2) is 42.6 Å². The summed E-state index contributed by atoms with van der Waals surface area (Å²) in [5, 5.41) is 2.79. The van der Waals surface area contributed by atoms with Gasteiger partial charge in [0.05, 0.1) is 17.7 Å². The first-order valence-electron chi connectivity index (χ1n) is 8.80. The second-order valence-corrected chi connectivity index (χ2v) is 5.93. The predicted octanol–water partition coefficient (Wildman–Crippen LogP) is 3.75. The van der Waals surface area contributed by atoms with Gasteiger partial charge in [0.1, 0.15) is 5.82 Å². The molecule has 1 aromatic carbocycles. The number of hydrogen-bond donors (Lipinski definition) is 1. The molecule has 1 heterocycles. The van der Waals surface area contributed by atoms with E-state index in [4.69, 9.17) is 4.74 Å². The van der Waals surface area contributed by atoms with Crippen LogP contribution in [0, 0.1) is 0 Å². The zero-order chi connectivity index (χ0) is 18.9. The van der Waals surface area contributed by atoms with Gasteiger partial charge in [-0.05, 0) is 49.7 Å². The first-order chi connectivity index (χ1) is 12.5. The lowest BCUT2D eigenvalue weighted by atomic mass is 10.2. The van der Waals surface area contributed by atoms with Crippen molar-refractivity contribution in [2.45, 2.75) is 26.7 Å². The number of carbonyl (C=O) groups excluding carboxylic acids is 2. The number of aromatic nitrogens is 1. The summed E-state index contributed by atoms with van der Waals surface area (Å²) >= 11 is 0. The van der Waals surface area contributed by atoms with Crippen molar-refractivity contribution in [3.8, 4) is 0 Å². The number of pyridine rings is 1. The molecule has 26 heavy (non-hydrogen) atoms. The normalized spacial score (nSPS) is 10.3. The van der Waals surface area contributed by atoms with Gasteiger partial charge < -0.3 is 15.0 Å². The smallest absolute Gasteiger partial charge is 0.338 e. The number of rotatable bonds is 8. The maximum atomic E-state index is 12.3. The summed E-state index contributed by atoms with van der Waals surface area (Å²) in [6.45, 7) is 5.16. The predicted molar refractivity (Wildman–Crippen MR) is 103 cm³/mol. The zero-order valence-electron chi connectivity index (χ0n) is 15.5. The first-order valence-corrected chi connectivity index (χ1v) is 8.80. The first kappa shape index (κ1) is 19.4. The Morgan fingerprint density at radius 1 is 1.08 bits per heavy atom. The van der Waals surface area contributed by atoms with Gasteiger partial charge in [0.25, 0.3) is 5.91 Å². The van der Waals surface area contributed by atoms with Crippen molar-refractivity contribution in [3.63, 3.8) is 0 Å². The number of nitrogens with one attached hydrogen (secondary N) is 1. The van der Waals surface area contributed by atoms with Crippen LogP contribution < -0.4 is 10.2 Å². The molecule has 0 atom stereocenters. The quantitative estimate of drug-likeness (QED) is 0.730. The number of anilines is 2. The van der Waals surface area contributed by atoms with Gasteiger partial charge in [0, 0.05) is 25.5 Å². The number of unbranched alkanes of at least 4 members (excludes halogenated alkanes) is 1. The summed E-state index contributed by atoms with van der Waals surface area (Å²) in [5.41, 5.74) is 1.53. The standard InChI is InChI=1S/C20H25N3O3/c1-4-6-13-23(3)18-12-9-16(14-21-18)19(24)22-17-10-7-15(8-11-17)20(25)26-5-2/h7-12,14H,4-6,13H2,1-3H3,(H,22,24). The van der Waals surface area contributed by atoms with E-state index in [1.165, 1.54) is 0 Å². The van der Waals surface area contributed by atoms with E-state index in [0.717, 1.165) is 25.2 Å². The Morgan fingerprint density at radius 3 is 2.35 bits per heavy atom. The van der Waals surface area contributed by atoms with Crippen LogP contribution in [0.2, 0.25) is 0 Å². The summed E-state index contributed by atoms with van der Waals surface area (Å²) < 4.78 is 4.93. The Hall–Kier alpha value is -2.89. The highest BCUT2D eigenvalue weighted by atomic mass is 16.5. The minimum atomic E-state index is -0.377. The Labute approximate surface area is 154 Å². The van der Waals surface area contributed by atoms with Gasteiger partial charge in [-0.25, -0.2) is 9.78 Å². The minimum absolute atomic E-state index is 0.246. The number of benzene rings is 1. The fourth-order valence-electron chi connectivity index (χ4n) is 2.36. The van der Waals surface area contributed by atoms with Crippen LogP contribution in [0.3, 0.4) is 0 Å². The van der Waals surface area contributed by atoms with Crippen molar-refractivity contribution in [2.24, 2.45) is 0 Å². The van der Waals surface area contributed by atoms with E-state index in [9.17, 15) is 9.59 Å². The monoisotopic (exact) mass is 355 g/mol. The molecule has 0 fully saturated rings. The third kappa shape index (κ3) is 5.31. The second kappa shape index (κ2) is 9.56. The van der Waals surface area contributed by atoms with E-state index in [2.05, 4.69) is 22.1 Å². The van der Waals surface area contributed by atoms with Gasteiger partial charge in [-0.3, -0.25) is 4.79 Å². The van der Waals surface area contributed by atoms with Gasteiger partial charge in [0.15, 0.2) is 0 Å². The Balaban J connectivity index is 1.98. The molecule has 0 bridgehead atoms. The molecule has 0 unspecified atom stereocenters. The molecular formula is C20H25N3O3. The maximum Gasteiger partial charge on any atom is 0.338 e. The van der Waals surface area contributed by atoms with Crippen molar-refractivity contribution < 1.29 is 14.3 Å². The van der Waals surface area contributed by atoms with Crippen LogP contribution in [0.5, 0.6) is 0 Å². The molecule has 2 aromatic rings. The molecular weight excluding hydrogens is 330 g/mol. The molecule has 6 nitrogen and oxygen atoms in total. The molecule has 0 aliphatic heterocycles. The van der Waals surface area contributed by atoms with Gasteiger partial charge >= 0.3 is 5.97 Å². The highest BCUT2D eigenvalue weighted by molar-refractivity contribution is 6.04. The Bertz CT molecular complexity index is 727. The molecule has 1 amide bonds. The van der Waals surface area contributed by atoms with Crippen molar-refractivity contribution in [2.75, 3.05) is 30.4 Å². The summed E-state index contributed by atoms with van der Waals surface area (Å²) in [6, 6.07) is 10.2. The van der Waals surface area contributed by atoms with Crippen molar-refractivity contribution >= 4 is 23.4 Å². The molecule has 138 valence electrons. The molecule has 1 aromatic heterocycles. The Kier molecular flexibility index (Phi) is 7.14. The van der Waals surface area contributed by atoms with Crippen LogP contribution in [0.4, 0.5) is 11.5 Å². The summed E-state index contributed by atoms with van der Waals surface area (Å²) in [7, 11) is 1.99. The zero-order valence-corrected chi connectivity index (χ0v) is 15.5. The van der Waals surface area contributed by atoms with E-state index in [1.54, 1.807) is 43.5 Å². The highest BCUT2D eigenvalue weighted by Crippen LogP contribution is 2.14. The van der Waals surface area contributed by atoms with Crippen LogP contribution >= 0.6 is 0 Å². The fraction of sp³-hybridized carbons (Fsp3) is 0.350. The van der Waals surface area contributed by atoms with Crippen LogP contribution in [0.1, 0.15) is 47.4 Å². The summed E-state index contributed by atoms with van der Waals surface area (Å²) in [6.07, 6.45) is 3.79. The van der Waals surface area contributed by atoms with Gasteiger partial charge in [-0.15, -0.1) is 0 Å². The van der Waals surface area contributed by atoms with E-state index >= 15 is 0 Å². The molecule has 1 N–H and O–H groups in total. The van der Waals surface area contributed by atoms with Gasteiger partial charge in [0.2, 0.25) is 0 Å². The summed E-state index contributed by atoms with van der Waals surface area (Å²) in [5.74, 6) is 0.218. The lowest BCUT2D eigenvalue weighted by Gasteiger charge is -2.17. The topological polar surface area (TPSA) is 71.5 Å². The lowest BCUT2D eigenvalue weighted by molar-refractivity contribution is 0.0526. The van der Waals surface area contributed by atoms with Crippen molar-refractivity contribution in [1.29, 1.82) is 0 Å². The molecule has 6 heteroatoms. The average Bonchev–Trinajstić information content (AvgIpc) is 2.67. The molecule has 0 aliphatic carbocycles. The second-order valence-electron chi connectivity index (χ2n) is 5.93.